The van der Waals surface area contributed by atoms with Gasteiger partial charge in [-0.05, 0) is 26.0 Å². The molecule has 0 heterocycles. The molecule has 1 aromatic rings. The average molecular weight is 278 g/mol. The van der Waals surface area contributed by atoms with Gasteiger partial charge in [-0.25, -0.2) is 8.42 Å². The van der Waals surface area contributed by atoms with Crippen molar-refractivity contribution < 1.29 is 31.8 Å². The van der Waals surface area contributed by atoms with E-state index in [1.807, 2.05) is 6.92 Å². The molecule has 1 amide bonds. The Hall–Kier alpha value is -0.776. The van der Waals surface area contributed by atoms with Crippen molar-refractivity contribution in [1.29, 1.82) is 0 Å². The van der Waals surface area contributed by atoms with Crippen molar-refractivity contribution in [2.24, 2.45) is 0 Å². The Bertz CT molecular complexity index is 440. The van der Waals surface area contributed by atoms with Gasteiger partial charge in [0.1, 0.15) is 10.0 Å². The zero-order chi connectivity index (χ0) is 10.8. The van der Waals surface area contributed by atoms with Gasteiger partial charge in [0, 0.05) is 0 Å². The average Bonchev–Trinajstić information content (AvgIpc) is 2.02. The fraction of sp³-hybridized carbons (Fsp3) is 0.200. The molecule has 1 radical (unpaired) electrons. The van der Waals surface area contributed by atoms with Gasteiger partial charge in [-0.1, -0.05) is 17.7 Å². The Labute approximate surface area is 108 Å². The van der Waals surface area contributed by atoms with Crippen molar-refractivity contribution in [2.45, 2.75) is 18.7 Å². The Morgan fingerprint density at radius 1 is 1.19 bits per heavy atom. The number of benzene rings is 1. The summed E-state index contributed by atoms with van der Waals surface area (Å²) < 4.78 is 25.8. The van der Waals surface area contributed by atoms with Crippen LogP contribution in [0, 0.1) is 14.4 Å². The fourth-order valence-corrected chi connectivity index (χ4v) is 1.86. The predicted molar refractivity (Wildman–Crippen MR) is 58.8 cm³/mol. The molecule has 0 unspecified atom stereocenters. The second kappa shape index (κ2) is 6.73. The maximum absolute atomic E-state index is 11.4. The summed E-state index contributed by atoms with van der Waals surface area (Å²) in [6, 6.07) is 6.17. The van der Waals surface area contributed by atoms with E-state index >= 15 is 0 Å². The SMILES string of the molecule is CC(=O)[N-]S(=O)(=O)c1ccc(C)cc1.[CH3-].[V+2]. The first-order chi connectivity index (χ1) is 6.42. The van der Waals surface area contributed by atoms with Crippen LogP contribution >= 0.6 is 0 Å². The van der Waals surface area contributed by atoms with E-state index in [4.69, 9.17) is 0 Å². The molecule has 0 fully saturated rings. The third kappa shape index (κ3) is 4.83. The summed E-state index contributed by atoms with van der Waals surface area (Å²) in [5.41, 5.74) is 0.951. The minimum Gasteiger partial charge on any atom is -0.542 e. The first-order valence-corrected chi connectivity index (χ1v) is 5.41. The van der Waals surface area contributed by atoms with Gasteiger partial charge in [0.25, 0.3) is 0 Å². The molecule has 0 saturated carbocycles. The molecule has 1 aromatic carbocycles. The van der Waals surface area contributed by atoms with Crippen LogP contribution in [-0.4, -0.2) is 14.3 Å². The van der Waals surface area contributed by atoms with Gasteiger partial charge in [0.2, 0.25) is 0 Å². The van der Waals surface area contributed by atoms with Crippen LogP contribution in [0.25, 0.3) is 4.72 Å². The van der Waals surface area contributed by atoms with E-state index in [1.165, 1.54) is 12.1 Å². The molecule has 0 bridgehead atoms. The molecule has 0 saturated heterocycles. The summed E-state index contributed by atoms with van der Waals surface area (Å²) in [6.45, 7) is 2.95. The molecule has 0 atom stereocenters. The van der Waals surface area contributed by atoms with E-state index in [-0.39, 0.29) is 30.9 Å². The summed E-state index contributed by atoms with van der Waals surface area (Å²) in [7, 11) is -3.80. The van der Waals surface area contributed by atoms with E-state index in [1.54, 1.807) is 12.1 Å². The Balaban J connectivity index is 0. The number of rotatable bonds is 2. The molecule has 0 N–H and O–H groups in total. The van der Waals surface area contributed by atoms with Crippen LogP contribution in [0.5, 0.6) is 0 Å². The largest absolute Gasteiger partial charge is 2.00 e. The number of carbonyl (C=O) groups excluding carboxylic acids is 1. The Morgan fingerprint density at radius 2 is 1.62 bits per heavy atom. The van der Waals surface area contributed by atoms with Gasteiger partial charge in [-0.15, -0.1) is 0 Å². The number of carbonyl (C=O) groups is 1. The zero-order valence-corrected chi connectivity index (χ0v) is 11.6. The number of nitrogens with zero attached hydrogens (tertiary/aromatic N) is 1. The van der Waals surface area contributed by atoms with Crippen LogP contribution in [0.2, 0.25) is 0 Å². The molecule has 4 nitrogen and oxygen atoms in total. The molecular weight excluding hydrogens is 265 g/mol. The van der Waals surface area contributed by atoms with Gasteiger partial charge in [0.05, 0.1) is 10.8 Å². The maximum Gasteiger partial charge on any atom is 2.00 e. The third-order valence-corrected chi connectivity index (χ3v) is 2.93. The Morgan fingerprint density at radius 3 is 2.00 bits per heavy atom. The number of aryl methyl sites for hydroxylation is 1. The summed E-state index contributed by atoms with van der Waals surface area (Å²) in [5, 5.41) is 0. The van der Waals surface area contributed by atoms with Crippen LogP contribution in [0.1, 0.15) is 12.5 Å². The number of sulfonamides is 1. The van der Waals surface area contributed by atoms with Crippen molar-refractivity contribution in [2.75, 3.05) is 0 Å². The van der Waals surface area contributed by atoms with Crippen molar-refractivity contribution in [3.63, 3.8) is 0 Å². The van der Waals surface area contributed by atoms with E-state index in [2.05, 4.69) is 4.72 Å². The molecule has 87 valence electrons. The molecule has 0 aliphatic rings. The summed E-state index contributed by atoms with van der Waals surface area (Å²) in [4.78, 5) is 10.6. The normalized spacial score (nSPS) is 9.62. The number of amides is 1. The Kier molecular flexibility index (Phi) is 7.41. The van der Waals surface area contributed by atoms with Gasteiger partial charge >= 0.3 is 18.6 Å². The molecule has 0 aliphatic carbocycles. The van der Waals surface area contributed by atoms with Crippen molar-refractivity contribution in [3.05, 3.63) is 42.0 Å². The van der Waals surface area contributed by atoms with Crippen molar-refractivity contribution in [3.8, 4) is 0 Å². The van der Waals surface area contributed by atoms with E-state index in [0.29, 0.717) is 0 Å². The zero-order valence-electron chi connectivity index (χ0n) is 9.34. The van der Waals surface area contributed by atoms with Crippen molar-refractivity contribution in [1.82, 2.24) is 0 Å². The first kappa shape index (κ1) is 17.6. The topological polar surface area (TPSA) is 65.3 Å². The smallest absolute Gasteiger partial charge is 0.542 e. The third-order valence-electron chi connectivity index (χ3n) is 1.57. The van der Waals surface area contributed by atoms with E-state index in [9.17, 15) is 13.2 Å². The van der Waals surface area contributed by atoms with Crippen LogP contribution in [0.4, 0.5) is 0 Å². The number of hydrogen-bond acceptors (Lipinski definition) is 3. The van der Waals surface area contributed by atoms with Crippen LogP contribution in [0.15, 0.2) is 29.2 Å². The minimum absolute atomic E-state index is 0. The molecule has 0 aromatic heterocycles. The van der Waals surface area contributed by atoms with E-state index < -0.39 is 15.9 Å². The van der Waals surface area contributed by atoms with Crippen molar-refractivity contribution >= 4 is 15.9 Å². The van der Waals surface area contributed by atoms with Gasteiger partial charge in [0.15, 0.2) is 0 Å². The molecule has 0 spiro atoms. The molecular formula is C10H13NO3SV. The van der Waals surface area contributed by atoms with Gasteiger partial charge in [-0.2, -0.15) is 0 Å². The number of hydrogen-bond donors (Lipinski definition) is 0. The van der Waals surface area contributed by atoms with Gasteiger partial charge < -0.3 is 16.9 Å². The fourth-order valence-electron chi connectivity index (χ4n) is 0.932. The standard InChI is InChI=1S/C9H11NO3S.CH3.V/c1-7-3-5-9(6-4-7)14(12,13)10-8(2)11;;/h3-6H,1-2H3,(H,10,11);1H3;/q;-1;+2/p-1. The monoisotopic (exact) mass is 278 g/mol. The quantitative estimate of drug-likeness (QED) is 0.778. The predicted octanol–water partition coefficient (Wildman–Crippen LogP) is 2.05. The maximum atomic E-state index is 11.4. The van der Waals surface area contributed by atoms with Crippen LogP contribution < -0.4 is 0 Å². The molecule has 16 heavy (non-hydrogen) atoms. The summed E-state index contributed by atoms with van der Waals surface area (Å²) in [5.74, 6) is -0.717. The second-order valence-electron chi connectivity index (χ2n) is 2.90. The first-order valence-electron chi connectivity index (χ1n) is 3.97. The van der Waals surface area contributed by atoms with E-state index in [0.717, 1.165) is 12.5 Å². The van der Waals surface area contributed by atoms with Crippen LogP contribution in [0.3, 0.4) is 0 Å². The second-order valence-corrected chi connectivity index (χ2v) is 4.50. The molecule has 0 aliphatic heterocycles. The summed E-state index contributed by atoms with van der Waals surface area (Å²) >= 11 is 0. The minimum atomic E-state index is -3.80. The molecule has 1 rings (SSSR count). The molecule has 6 heteroatoms. The van der Waals surface area contributed by atoms with Gasteiger partial charge in [-0.3, -0.25) is 0 Å². The summed E-state index contributed by atoms with van der Waals surface area (Å²) in [6.07, 6.45) is 0. The van der Waals surface area contributed by atoms with Crippen LogP contribution in [-0.2, 0) is 33.4 Å².